The van der Waals surface area contributed by atoms with Gasteiger partial charge in [-0.2, -0.15) is 0 Å². The number of rotatable bonds is 4. The molecule has 0 saturated carbocycles. The van der Waals surface area contributed by atoms with Gasteiger partial charge in [0.25, 0.3) is 0 Å². The van der Waals surface area contributed by atoms with Crippen LogP contribution in [0.4, 0.5) is 0 Å². The highest BCUT2D eigenvalue weighted by Crippen LogP contribution is 2.41. The minimum absolute atomic E-state index is 0.396. The average molecular weight is 249 g/mol. The second kappa shape index (κ2) is 5.61. The van der Waals surface area contributed by atoms with Gasteiger partial charge in [0.1, 0.15) is 11.5 Å². The van der Waals surface area contributed by atoms with Gasteiger partial charge in [0.05, 0.1) is 14.2 Å². The Kier molecular flexibility index (Phi) is 4.12. The van der Waals surface area contributed by atoms with E-state index in [0.717, 1.165) is 18.0 Å². The van der Waals surface area contributed by atoms with Crippen molar-refractivity contribution in [3.63, 3.8) is 0 Å². The number of methoxy groups -OCH3 is 2. The maximum atomic E-state index is 5.55. The Hall–Kier alpha value is -1.22. The van der Waals surface area contributed by atoms with Crippen LogP contribution in [-0.2, 0) is 0 Å². The minimum atomic E-state index is 0.396. The Bertz CT molecular complexity index is 409. The predicted octanol–water partition coefficient (Wildman–Crippen LogP) is 3.25. The topological polar surface area (TPSA) is 30.5 Å². The monoisotopic (exact) mass is 249 g/mol. The maximum Gasteiger partial charge on any atom is 0.124 e. The maximum absolute atomic E-state index is 5.55. The smallest absolute Gasteiger partial charge is 0.124 e. The Morgan fingerprint density at radius 2 is 1.83 bits per heavy atom. The van der Waals surface area contributed by atoms with Crippen LogP contribution in [0.3, 0.4) is 0 Å². The molecule has 3 nitrogen and oxygen atoms in total. The molecule has 2 rings (SSSR count). The standard InChI is InChI=1S/C15H23NO2/c1-10(2)14-12(17-3)7-8-13(18-4)15(14)11-6-5-9-16-11/h7-8,10-11,16H,5-6,9H2,1-4H3. The lowest BCUT2D eigenvalue weighted by Crippen LogP contribution is -2.17. The van der Waals surface area contributed by atoms with Crippen LogP contribution < -0.4 is 14.8 Å². The van der Waals surface area contributed by atoms with Gasteiger partial charge in [0.2, 0.25) is 0 Å². The van der Waals surface area contributed by atoms with Gasteiger partial charge >= 0.3 is 0 Å². The summed E-state index contributed by atoms with van der Waals surface area (Å²) < 4.78 is 11.1. The summed E-state index contributed by atoms with van der Waals surface area (Å²) >= 11 is 0. The third-order valence-corrected chi connectivity index (χ3v) is 3.63. The van der Waals surface area contributed by atoms with Crippen LogP contribution in [-0.4, -0.2) is 20.8 Å². The molecule has 100 valence electrons. The normalized spacial score (nSPS) is 19.3. The molecule has 3 heteroatoms. The third-order valence-electron chi connectivity index (χ3n) is 3.63. The largest absolute Gasteiger partial charge is 0.496 e. The summed E-state index contributed by atoms with van der Waals surface area (Å²) in [5, 5.41) is 3.56. The van der Waals surface area contributed by atoms with Gasteiger partial charge in [-0.3, -0.25) is 0 Å². The lowest BCUT2D eigenvalue weighted by atomic mass is 9.90. The van der Waals surface area contributed by atoms with E-state index in [4.69, 9.17) is 9.47 Å². The third kappa shape index (κ3) is 2.32. The fraction of sp³-hybridized carbons (Fsp3) is 0.600. The summed E-state index contributed by atoms with van der Waals surface area (Å²) in [5.74, 6) is 2.36. The average Bonchev–Trinajstić information content (AvgIpc) is 2.90. The van der Waals surface area contributed by atoms with Crippen molar-refractivity contribution in [2.75, 3.05) is 20.8 Å². The van der Waals surface area contributed by atoms with E-state index in [2.05, 4.69) is 19.2 Å². The molecule has 0 aromatic heterocycles. The van der Waals surface area contributed by atoms with Crippen molar-refractivity contribution >= 4 is 0 Å². The molecule has 0 amide bonds. The molecule has 18 heavy (non-hydrogen) atoms. The molecule has 0 radical (unpaired) electrons. The lowest BCUT2D eigenvalue weighted by Gasteiger charge is -2.23. The molecule has 0 bridgehead atoms. The second-order valence-electron chi connectivity index (χ2n) is 5.10. The van der Waals surface area contributed by atoms with E-state index in [0.29, 0.717) is 12.0 Å². The first-order chi connectivity index (χ1) is 8.69. The van der Waals surface area contributed by atoms with Crippen LogP contribution in [0.25, 0.3) is 0 Å². The van der Waals surface area contributed by atoms with Crippen LogP contribution in [0.15, 0.2) is 12.1 Å². The van der Waals surface area contributed by atoms with Crippen LogP contribution in [0.1, 0.15) is 49.8 Å². The van der Waals surface area contributed by atoms with Crippen LogP contribution in [0, 0.1) is 0 Å². The summed E-state index contributed by atoms with van der Waals surface area (Å²) in [6.07, 6.45) is 2.39. The summed E-state index contributed by atoms with van der Waals surface area (Å²) in [7, 11) is 3.48. The molecule has 1 aliphatic rings. The van der Waals surface area contributed by atoms with Crippen molar-refractivity contribution in [2.24, 2.45) is 0 Å². The van der Waals surface area contributed by atoms with Crippen LogP contribution in [0.2, 0.25) is 0 Å². The van der Waals surface area contributed by atoms with Crippen molar-refractivity contribution in [3.8, 4) is 11.5 Å². The predicted molar refractivity (Wildman–Crippen MR) is 73.6 cm³/mol. The fourth-order valence-corrected chi connectivity index (χ4v) is 2.84. The summed E-state index contributed by atoms with van der Waals surface area (Å²) in [5.41, 5.74) is 2.56. The van der Waals surface area contributed by atoms with E-state index in [1.165, 1.54) is 24.0 Å². The van der Waals surface area contributed by atoms with Gasteiger partial charge in [-0.25, -0.2) is 0 Å². The highest BCUT2D eigenvalue weighted by Gasteiger charge is 2.26. The number of nitrogens with one attached hydrogen (secondary N) is 1. The second-order valence-corrected chi connectivity index (χ2v) is 5.10. The molecule has 1 aromatic carbocycles. The van der Waals surface area contributed by atoms with Crippen molar-refractivity contribution in [2.45, 2.75) is 38.6 Å². The summed E-state index contributed by atoms with van der Waals surface area (Å²) in [6, 6.07) is 4.42. The minimum Gasteiger partial charge on any atom is -0.496 e. The molecule has 1 aliphatic heterocycles. The number of hydrogen-bond acceptors (Lipinski definition) is 3. The quantitative estimate of drug-likeness (QED) is 0.888. The van der Waals surface area contributed by atoms with E-state index in [1.54, 1.807) is 14.2 Å². The SMILES string of the molecule is COc1ccc(OC)c(C2CCCN2)c1C(C)C. The lowest BCUT2D eigenvalue weighted by molar-refractivity contribution is 0.386. The Morgan fingerprint density at radius 1 is 1.17 bits per heavy atom. The van der Waals surface area contributed by atoms with Gasteiger partial charge < -0.3 is 14.8 Å². The zero-order chi connectivity index (χ0) is 13.1. The highest BCUT2D eigenvalue weighted by molar-refractivity contribution is 5.52. The van der Waals surface area contributed by atoms with E-state index in [1.807, 2.05) is 12.1 Å². The van der Waals surface area contributed by atoms with Gasteiger partial charge in [-0.1, -0.05) is 13.8 Å². The molecular formula is C15H23NO2. The van der Waals surface area contributed by atoms with Gasteiger partial charge in [-0.15, -0.1) is 0 Å². The summed E-state index contributed by atoms with van der Waals surface area (Å²) in [4.78, 5) is 0. The summed E-state index contributed by atoms with van der Waals surface area (Å²) in [6.45, 7) is 5.49. The molecule has 1 N–H and O–H groups in total. The highest BCUT2D eigenvalue weighted by atomic mass is 16.5. The molecule has 1 atom stereocenters. The van der Waals surface area contributed by atoms with E-state index in [9.17, 15) is 0 Å². The molecule has 1 saturated heterocycles. The zero-order valence-electron chi connectivity index (χ0n) is 11.7. The molecule has 1 fully saturated rings. The first kappa shape index (κ1) is 13.2. The van der Waals surface area contributed by atoms with E-state index >= 15 is 0 Å². The molecular weight excluding hydrogens is 226 g/mol. The van der Waals surface area contributed by atoms with E-state index in [-0.39, 0.29) is 0 Å². The number of hydrogen-bond donors (Lipinski definition) is 1. The zero-order valence-corrected chi connectivity index (χ0v) is 11.7. The van der Waals surface area contributed by atoms with Gasteiger partial charge in [-0.05, 0) is 37.4 Å². The Balaban J connectivity index is 2.56. The Labute approximate surface area is 109 Å². The first-order valence-corrected chi connectivity index (χ1v) is 6.67. The van der Waals surface area contributed by atoms with Gasteiger partial charge in [0.15, 0.2) is 0 Å². The molecule has 1 heterocycles. The number of benzene rings is 1. The van der Waals surface area contributed by atoms with Gasteiger partial charge in [0, 0.05) is 17.2 Å². The molecule has 1 aromatic rings. The van der Waals surface area contributed by atoms with Crippen molar-refractivity contribution in [3.05, 3.63) is 23.3 Å². The number of ether oxygens (including phenoxy) is 2. The fourth-order valence-electron chi connectivity index (χ4n) is 2.84. The van der Waals surface area contributed by atoms with Crippen LogP contribution >= 0.6 is 0 Å². The molecule has 1 unspecified atom stereocenters. The van der Waals surface area contributed by atoms with Crippen molar-refractivity contribution in [1.82, 2.24) is 5.32 Å². The first-order valence-electron chi connectivity index (χ1n) is 6.67. The van der Waals surface area contributed by atoms with Crippen LogP contribution in [0.5, 0.6) is 11.5 Å². The molecule has 0 aliphatic carbocycles. The van der Waals surface area contributed by atoms with Crippen molar-refractivity contribution < 1.29 is 9.47 Å². The molecule has 0 spiro atoms. The van der Waals surface area contributed by atoms with Crippen molar-refractivity contribution in [1.29, 1.82) is 0 Å². The Morgan fingerprint density at radius 3 is 2.33 bits per heavy atom. The van der Waals surface area contributed by atoms with E-state index < -0.39 is 0 Å².